The van der Waals surface area contributed by atoms with Crippen molar-refractivity contribution in [1.82, 2.24) is 0 Å². The van der Waals surface area contributed by atoms with Gasteiger partial charge in [-0.3, -0.25) is 4.55 Å². The summed E-state index contributed by atoms with van der Waals surface area (Å²) in [6.07, 6.45) is 0.726. The van der Waals surface area contributed by atoms with Crippen molar-refractivity contribution in [1.29, 1.82) is 0 Å². The number of benzene rings is 1. The molecule has 7 nitrogen and oxygen atoms in total. The fourth-order valence-corrected chi connectivity index (χ4v) is 4.76. The second-order valence-corrected chi connectivity index (χ2v) is 9.13. The molecule has 0 amide bonds. The third kappa shape index (κ3) is 4.67. The second kappa shape index (κ2) is 6.87. The van der Waals surface area contributed by atoms with Gasteiger partial charge in [-0.05, 0) is 18.2 Å². The smallest absolute Gasteiger partial charge is 0.300 e. The maximum atomic E-state index is 12.1. The largest absolute Gasteiger partial charge is 0.618 e. The van der Waals surface area contributed by atoms with Crippen LogP contribution in [0, 0.1) is 5.21 Å². The average Bonchev–Trinajstić information content (AvgIpc) is 2.48. The summed E-state index contributed by atoms with van der Waals surface area (Å²) in [7, 11) is -7.89. The lowest BCUT2D eigenvalue weighted by atomic mass is 10.4. The molecule has 0 radical (unpaired) electrons. The standard InChI is InChI=1S/C13H13NO6S3/c15-14-10-12(23(18,19)20)6-7-13(14)21-8-9-22(16,17)11-4-2-1-3-5-11/h1-7,10H,8-9H2,(H,18,19,20). The van der Waals surface area contributed by atoms with Crippen LogP contribution in [-0.4, -0.2) is 32.9 Å². The number of thioether (sulfide) groups is 1. The van der Waals surface area contributed by atoms with Crippen molar-refractivity contribution in [3.8, 4) is 0 Å². The van der Waals surface area contributed by atoms with Crippen LogP contribution in [0.25, 0.3) is 0 Å². The minimum absolute atomic E-state index is 0.130. The lowest BCUT2D eigenvalue weighted by Crippen LogP contribution is -2.30. The summed E-state index contributed by atoms with van der Waals surface area (Å²) in [4.78, 5) is -0.314. The van der Waals surface area contributed by atoms with Crippen LogP contribution < -0.4 is 4.73 Å². The lowest BCUT2D eigenvalue weighted by Gasteiger charge is -2.06. The first-order valence-electron chi connectivity index (χ1n) is 6.31. The Morgan fingerprint density at radius 1 is 1.00 bits per heavy atom. The molecule has 2 aromatic rings. The van der Waals surface area contributed by atoms with Gasteiger partial charge in [-0.2, -0.15) is 13.1 Å². The van der Waals surface area contributed by atoms with Crippen LogP contribution in [0.15, 0.2) is 63.5 Å². The van der Waals surface area contributed by atoms with E-state index in [1.807, 2.05) is 0 Å². The Hall–Kier alpha value is -1.62. The first kappa shape index (κ1) is 17.7. The minimum atomic E-state index is -4.45. The summed E-state index contributed by atoms with van der Waals surface area (Å²) in [6, 6.07) is 10.3. The third-order valence-corrected chi connectivity index (χ3v) is 6.70. The van der Waals surface area contributed by atoms with E-state index in [4.69, 9.17) is 4.55 Å². The van der Waals surface area contributed by atoms with Crippen molar-refractivity contribution < 1.29 is 26.1 Å². The van der Waals surface area contributed by atoms with E-state index in [-0.39, 0.29) is 26.2 Å². The van der Waals surface area contributed by atoms with Crippen LogP contribution in [0.1, 0.15) is 0 Å². The van der Waals surface area contributed by atoms with Crippen LogP contribution in [0.4, 0.5) is 0 Å². The molecule has 124 valence electrons. The molecule has 0 spiro atoms. The molecule has 1 N–H and O–H groups in total. The molecule has 0 fully saturated rings. The van der Waals surface area contributed by atoms with Gasteiger partial charge in [0.1, 0.15) is 0 Å². The van der Waals surface area contributed by atoms with Gasteiger partial charge in [0, 0.05) is 11.8 Å². The number of hydrogen-bond donors (Lipinski definition) is 1. The van der Waals surface area contributed by atoms with E-state index in [2.05, 4.69) is 0 Å². The normalized spacial score (nSPS) is 12.2. The molecule has 0 unspecified atom stereocenters. The highest BCUT2D eigenvalue weighted by Crippen LogP contribution is 2.18. The predicted molar refractivity (Wildman–Crippen MR) is 84.4 cm³/mol. The topological polar surface area (TPSA) is 115 Å². The monoisotopic (exact) mass is 375 g/mol. The number of aromatic nitrogens is 1. The van der Waals surface area contributed by atoms with Crippen molar-refractivity contribution in [2.75, 3.05) is 11.5 Å². The van der Waals surface area contributed by atoms with Crippen LogP contribution in [0.2, 0.25) is 0 Å². The van der Waals surface area contributed by atoms with Crippen LogP contribution in [0.5, 0.6) is 0 Å². The van der Waals surface area contributed by atoms with Gasteiger partial charge in [0.2, 0.25) is 6.20 Å². The zero-order valence-electron chi connectivity index (χ0n) is 11.7. The van der Waals surface area contributed by atoms with Gasteiger partial charge in [0.15, 0.2) is 14.7 Å². The van der Waals surface area contributed by atoms with Crippen LogP contribution in [-0.2, 0) is 20.0 Å². The first-order valence-corrected chi connectivity index (χ1v) is 10.4. The van der Waals surface area contributed by atoms with Crippen LogP contribution in [0.3, 0.4) is 0 Å². The van der Waals surface area contributed by atoms with Crippen molar-refractivity contribution in [2.24, 2.45) is 0 Å². The van der Waals surface area contributed by atoms with E-state index in [1.165, 1.54) is 18.2 Å². The zero-order chi connectivity index (χ0) is 17.1. The Bertz CT molecular complexity index is 895. The van der Waals surface area contributed by atoms with E-state index in [9.17, 15) is 22.0 Å². The fraction of sp³-hybridized carbons (Fsp3) is 0.154. The maximum absolute atomic E-state index is 12.1. The fourth-order valence-electron chi connectivity index (χ4n) is 1.72. The molecule has 0 aliphatic heterocycles. The maximum Gasteiger partial charge on any atom is 0.300 e. The summed E-state index contributed by atoms with van der Waals surface area (Å²) in [6.45, 7) is 0. The number of sulfone groups is 1. The van der Waals surface area contributed by atoms with Gasteiger partial charge < -0.3 is 5.21 Å². The van der Waals surface area contributed by atoms with E-state index in [0.717, 1.165) is 24.0 Å². The second-order valence-electron chi connectivity index (χ2n) is 4.48. The molecular formula is C13H13NO6S3. The van der Waals surface area contributed by atoms with E-state index in [1.54, 1.807) is 18.2 Å². The molecule has 0 atom stereocenters. The third-order valence-electron chi connectivity index (χ3n) is 2.85. The van der Waals surface area contributed by atoms with Crippen molar-refractivity contribution in [3.63, 3.8) is 0 Å². The summed E-state index contributed by atoms with van der Waals surface area (Å²) in [5.74, 6) is -0.0353. The molecule has 0 aliphatic carbocycles. The molecule has 23 heavy (non-hydrogen) atoms. The van der Waals surface area contributed by atoms with Crippen molar-refractivity contribution in [3.05, 3.63) is 53.9 Å². The molecule has 10 heteroatoms. The van der Waals surface area contributed by atoms with E-state index >= 15 is 0 Å². The highest BCUT2D eigenvalue weighted by Gasteiger charge is 2.18. The number of pyridine rings is 1. The van der Waals surface area contributed by atoms with Gasteiger partial charge in [0.25, 0.3) is 5.03 Å². The Kier molecular flexibility index (Phi) is 5.30. The van der Waals surface area contributed by atoms with Crippen LogP contribution >= 0.6 is 11.8 Å². The lowest BCUT2D eigenvalue weighted by molar-refractivity contribution is -0.647. The number of rotatable bonds is 6. The van der Waals surface area contributed by atoms with E-state index in [0.29, 0.717) is 0 Å². The summed E-state index contributed by atoms with van der Waals surface area (Å²) in [5.41, 5.74) is 0. The molecule has 2 rings (SSSR count). The quantitative estimate of drug-likeness (QED) is 0.348. The highest BCUT2D eigenvalue weighted by atomic mass is 32.2. The predicted octanol–water partition coefficient (Wildman–Crippen LogP) is 1.13. The SMILES string of the molecule is O=S(=O)(O)c1ccc(SCCS(=O)(=O)c2ccccc2)[n+]([O-])c1. The molecule has 0 bridgehead atoms. The Labute approximate surface area is 138 Å². The van der Waals surface area contributed by atoms with Gasteiger partial charge in [-0.15, -0.1) is 0 Å². The zero-order valence-corrected chi connectivity index (χ0v) is 14.1. The Balaban J connectivity index is 2.05. The summed E-state index contributed by atoms with van der Waals surface area (Å²) in [5, 5.41) is 11.8. The van der Waals surface area contributed by atoms with Gasteiger partial charge in [0.05, 0.1) is 10.6 Å². The van der Waals surface area contributed by atoms with Gasteiger partial charge in [-0.1, -0.05) is 30.0 Å². The average molecular weight is 375 g/mol. The summed E-state index contributed by atoms with van der Waals surface area (Å²) < 4.78 is 55.1. The molecule has 1 aromatic carbocycles. The Morgan fingerprint density at radius 3 is 2.22 bits per heavy atom. The minimum Gasteiger partial charge on any atom is -0.618 e. The number of hydrogen-bond acceptors (Lipinski definition) is 6. The Morgan fingerprint density at radius 2 is 1.65 bits per heavy atom. The molecule has 1 aromatic heterocycles. The van der Waals surface area contributed by atoms with Gasteiger partial charge in [-0.25, -0.2) is 8.42 Å². The molecular weight excluding hydrogens is 362 g/mol. The number of nitrogens with zero attached hydrogens (tertiary/aromatic N) is 1. The first-order chi connectivity index (χ1) is 10.7. The molecule has 0 aliphatic rings. The highest BCUT2D eigenvalue weighted by molar-refractivity contribution is 8.00. The van der Waals surface area contributed by atoms with Crippen molar-refractivity contribution >= 4 is 31.7 Å². The van der Waals surface area contributed by atoms with Crippen molar-refractivity contribution in [2.45, 2.75) is 14.8 Å². The van der Waals surface area contributed by atoms with E-state index < -0.39 is 24.9 Å². The summed E-state index contributed by atoms with van der Waals surface area (Å²) >= 11 is 0.983. The molecule has 1 heterocycles. The molecule has 0 saturated carbocycles. The molecule has 0 saturated heterocycles. The van der Waals surface area contributed by atoms with Gasteiger partial charge >= 0.3 is 10.1 Å².